The number of hydrogen-bond acceptors (Lipinski definition) is 4. The van der Waals surface area contributed by atoms with Crippen LogP contribution in [0.2, 0.25) is 5.02 Å². The first-order valence-electron chi connectivity index (χ1n) is 8.77. The van der Waals surface area contributed by atoms with Crippen LogP contribution in [-0.4, -0.2) is 27.1 Å². The molecule has 0 aliphatic carbocycles. The van der Waals surface area contributed by atoms with Crippen molar-refractivity contribution in [2.24, 2.45) is 5.10 Å². The Bertz CT molecular complexity index is 1150. The lowest BCUT2D eigenvalue weighted by Gasteiger charge is -2.23. The minimum atomic E-state index is -3.96. The predicted molar refractivity (Wildman–Crippen MR) is 122 cm³/mol. The smallest absolute Gasteiger partial charge is 0.264 e. The summed E-state index contributed by atoms with van der Waals surface area (Å²) in [6.45, 7) is -0.439. The molecule has 154 valence electrons. The molecular weight excluding hydrogens is 490 g/mol. The Balaban J connectivity index is 1.82. The Hall–Kier alpha value is -2.68. The minimum absolute atomic E-state index is 0.0862. The van der Waals surface area contributed by atoms with Crippen molar-refractivity contribution in [1.82, 2.24) is 5.43 Å². The van der Waals surface area contributed by atoms with E-state index in [1.807, 2.05) is 0 Å². The molecule has 0 bridgehead atoms. The molecule has 0 heterocycles. The third kappa shape index (κ3) is 5.69. The lowest BCUT2D eigenvalue weighted by Crippen LogP contribution is -2.39. The van der Waals surface area contributed by atoms with E-state index in [0.717, 1.165) is 8.78 Å². The van der Waals surface area contributed by atoms with E-state index in [9.17, 15) is 13.2 Å². The van der Waals surface area contributed by atoms with Crippen molar-refractivity contribution >= 4 is 55.4 Å². The molecule has 1 N–H and O–H groups in total. The van der Waals surface area contributed by atoms with Gasteiger partial charge in [0.1, 0.15) is 6.54 Å². The van der Waals surface area contributed by atoms with Crippen molar-refractivity contribution < 1.29 is 13.2 Å². The van der Waals surface area contributed by atoms with Gasteiger partial charge in [-0.2, -0.15) is 5.10 Å². The zero-order valence-corrected chi connectivity index (χ0v) is 18.7. The van der Waals surface area contributed by atoms with E-state index < -0.39 is 22.5 Å². The monoisotopic (exact) mass is 505 g/mol. The molecule has 0 fully saturated rings. The largest absolute Gasteiger partial charge is 0.271 e. The molecule has 0 unspecified atom stereocenters. The fourth-order valence-electron chi connectivity index (χ4n) is 2.57. The summed E-state index contributed by atoms with van der Waals surface area (Å²) in [5.41, 5.74) is 3.41. The molecule has 0 aliphatic heterocycles. The Morgan fingerprint density at radius 3 is 2.40 bits per heavy atom. The maximum absolute atomic E-state index is 13.2. The number of hydrogen-bond donors (Lipinski definition) is 1. The fraction of sp³-hybridized carbons (Fsp3) is 0.0476. The Morgan fingerprint density at radius 1 is 1.03 bits per heavy atom. The number of carbonyl (C=O) groups is 1. The maximum atomic E-state index is 13.2. The first kappa shape index (κ1) is 22.0. The van der Waals surface area contributed by atoms with Crippen molar-refractivity contribution in [2.75, 3.05) is 10.8 Å². The number of anilines is 1. The minimum Gasteiger partial charge on any atom is -0.271 e. The van der Waals surface area contributed by atoms with Gasteiger partial charge in [-0.25, -0.2) is 13.8 Å². The molecule has 0 aromatic heterocycles. The molecule has 0 radical (unpaired) electrons. The topological polar surface area (TPSA) is 78.8 Å². The van der Waals surface area contributed by atoms with Gasteiger partial charge in [-0.3, -0.25) is 9.10 Å². The summed E-state index contributed by atoms with van der Waals surface area (Å²) < 4.78 is 28.2. The summed E-state index contributed by atoms with van der Waals surface area (Å²) in [4.78, 5) is 12.5. The number of nitrogens with zero attached hydrogens (tertiary/aromatic N) is 2. The van der Waals surface area contributed by atoms with Crippen molar-refractivity contribution in [3.63, 3.8) is 0 Å². The van der Waals surface area contributed by atoms with Crippen LogP contribution in [0.4, 0.5) is 5.69 Å². The Morgan fingerprint density at radius 2 is 1.73 bits per heavy atom. The van der Waals surface area contributed by atoms with Crippen LogP contribution < -0.4 is 9.73 Å². The van der Waals surface area contributed by atoms with Crippen LogP contribution in [0.15, 0.2) is 93.3 Å². The van der Waals surface area contributed by atoms with Gasteiger partial charge in [0.25, 0.3) is 15.9 Å². The zero-order valence-electron chi connectivity index (χ0n) is 15.6. The van der Waals surface area contributed by atoms with Crippen molar-refractivity contribution in [2.45, 2.75) is 4.90 Å². The van der Waals surface area contributed by atoms with E-state index in [1.54, 1.807) is 66.7 Å². The number of carbonyl (C=O) groups excluding carboxylic acids is 1. The zero-order chi connectivity index (χ0) is 21.6. The highest BCUT2D eigenvalue weighted by atomic mass is 79.9. The Kier molecular flexibility index (Phi) is 7.25. The van der Waals surface area contributed by atoms with Gasteiger partial charge >= 0.3 is 0 Å². The normalized spacial score (nSPS) is 11.4. The number of sulfonamides is 1. The molecule has 3 aromatic carbocycles. The van der Waals surface area contributed by atoms with Crippen molar-refractivity contribution in [3.05, 3.63) is 93.9 Å². The van der Waals surface area contributed by atoms with Gasteiger partial charge < -0.3 is 0 Å². The highest BCUT2D eigenvalue weighted by Gasteiger charge is 2.27. The van der Waals surface area contributed by atoms with Crippen LogP contribution in [0.1, 0.15) is 5.56 Å². The third-order valence-electron chi connectivity index (χ3n) is 3.98. The van der Waals surface area contributed by atoms with Crippen molar-refractivity contribution in [1.29, 1.82) is 0 Å². The summed E-state index contributed by atoms with van der Waals surface area (Å²) in [6, 6.07) is 21.5. The first-order chi connectivity index (χ1) is 14.4. The van der Waals surface area contributed by atoms with Crippen LogP contribution in [0.25, 0.3) is 0 Å². The van der Waals surface area contributed by atoms with Gasteiger partial charge in [-0.1, -0.05) is 57.9 Å². The van der Waals surface area contributed by atoms with Gasteiger partial charge in [-0.15, -0.1) is 0 Å². The summed E-state index contributed by atoms with van der Waals surface area (Å²) in [6.07, 6.45) is 1.43. The highest BCUT2D eigenvalue weighted by Crippen LogP contribution is 2.25. The predicted octanol–water partition coefficient (Wildman–Crippen LogP) is 4.45. The summed E-state index contributed by atoms with van der Waals surface area (Å²) >= 11 is 9.24. The number of rotatable bonds is 7. The van der Waals surface area contributed by atoms with Gasteiger partial charge in [0.05, 0.1) is 16.8 Å². The molecule has 0 saturated carbocycles. The molecule has 0 atom stereocenters. The Labute approximate surface area is 188 Å². The molecule has 30 heavy (non-hydrogen) atoms. The van der Waals surface area contributed by atoms with Gasteiger partial charge in [0, 0.05) is 9.50 Å². The SMILES string of the molecule is O=C(CN(c1ccc(Br)cc1)S(=O)(=O)c1ccccc1)N/N=C/c1cccc(Cl)c1. The van der Waals surface area contributed by atoms with E-state index in [4.69, 9.17) is 11.6 Å². The molecular formula is C21H17BrClN3O3S. The average Bonchev–Trinajstić information content (AvgIpc) is 2.73. The van der Waals surface area contributed by atoms with E-state index in [-0.39, 0.29) is 4.90 Å². The lowest BCUT2D eigenvalue weighted by molar-refractivity contribution is -0.119. The van der Waals surface area contributed by atoms with Crippen LogP contribution in [0.5, 0.6) is 0 Å². The van der Waals surface area contributed by atoms with Gasteiger partial charge in [-0.05, 0) is 54.1 Å². The summed E-state index contributed by atoms with van der Waals surface area (Å²) in [5, 5.41) is 4.43. The van der Waals surface area contributed by atoms with Gasteiger partial charge in [0.2, 0.25) is 0 Å². The molecule has 0 aliphatic rings. The number of benzene rings is 3. The fourth-order valence-corrected chi connectivity index (χ4v) is 4.48. The molecule has 3 rings (SSSR count). The number of amides is 1. The molecule has 0 spiro atoms. The maximum Gasteiger partial charge on any atom is 0.264 e. The molecule has 3 aromatic rings. The van der Waals surface area contributed by atoms with Crippen LogP contribution in [-0.2, 0) is 14.8 Å². The number of hydrazone groups is 1. The van der Waals surface area contributed by atoms with Crippen LogP contribution >= 0.6 is 27.5 Å². The second-order valence-corrected chi connectivity index (χ2v) is 9.36. The standard InChI is InChI=1S/C21H17BrClN3O3S/c22-17-9-11-19(12-10-17)26(30(28,29)20-7-2-1-3-8-20)15-21(27)25-24-14-16-5-4-6-18(23)13-16/h1-14H,15H2,(H,25,27)/b24-14+. The van der Waals surface area contributed by atoms with E-state index in [2.05, 4.69) is 26.5 Å². The van der Waals surface area contributed by atoms with Gasteiger partial charge in [0.15, 0.2) is 0 Å². The second-order valence-electron chi connectivity index (χ2n) is 6.15. The number of nitrogens with one attached hydrogen (secondary N) is 1. The molecule has 9 heteroatoms. The quantitative estimate of drug-likeness (QED) is 0.380. The first-order valence-corrected chi connectivity index (χ1v) is 11.4. The summed E-state index contributed by atoms with van der Waals surface area (Å²) in [5.74, 6) is -0.587. The molecule has 1 amide bonds. The summed E-state index contributed by atoms with van der Waals surface area (Å²) in [7, 11) is -3.96. The van der Waals surface area contributed by atoms with Crippen molar-refractivity contribution in [3.8, 4) is 0 Å². The molecule has 6 nitrogen and oxygen atoms in total. The van der Waals surface area contributed by atoms with E-state index in [1.165, 1.54) is 18.3 Å². The number of halogens is 2. The van der Waals surface area contributed by atoms with E-state index >= 15 is 0 Å². The van der Waals surface area contributed by atoms with E-state index in [0.29, 0.717) is 16.3 Å². The molecule has 0 saturated heterocycles. The second kappa shape index (κ2) is 9.88. The lowest BCUT2D eigenvalue weighted by atomic mass is 10.2. The third-order valence-corrected chi connectivity index (χ3v) is 6.54. The van der Waals surface area contributed by atoms with Crippen LogP contribution in [0.3, 0.4) is 0 Å². The van der Waals surface area contributed by atoms with Crippen LogP contribution in [0, 0.1) is 0 Å². The average molecular weight is 507 g/mol. The highest BCUT2D eigenvalue weighted by molar-refractivity contribution is 9.10.